The van der Waals surface area contributed by atoms with Gasteiger partial charge in [0.05, 0.1) is 4.92 Å². The highest BCUT2D eigenvalue weighted by molar-refractivity contribution is 5.33. The van der Waals surface area contributed by atoms with Crippen molar-refractivity contribution < 1.29 is 9.49 Å². The maximum atomic E-state index is 10.6. The average molecular weight is 215 g/mol. The molecular formula is C12H11N2O2+. The molecular weight excluding hydrogens is 204 g/mol. The number of non-ortho nitro benzene ring substituents is 1. The van der Waals surface area contributed by atoms with Crippen molar-refractivity contribution in [3.63, 3.8) is 0 Å². The van der Waals surface area contributed by atoms with Gasteiger partial charge in [0.2, 0.25) is 0 Å². The van der Waals surface area contributed by atoms with E-state index in [0.29, 0.717) is 6.54 Å². The summed E-state index contributed by atoms with van der Waals surface area (Å²) in [6.07, 6.45) is 3.86. The van der Waals surface area contributed by atoms with Crippen LogP contribution in [0.3, 0.4) is 0 Å². The van der Waals surface area contributed by atoms with Gasteiger partial charge in [0.25, 0.3) is 5.69 Å². The van der Waals surface area contributed by atoms with Gasteiger partial charge in [0.15, 0.2) is 18.9 Å². The molecule has 2 rings (SSSR count). The first kappa shape index (κ1) is 10.3. The van der Waals surface area contributed by atoms with Crippen molar-refractivity contribution in [2.24, 2.45) is 0 Å². The quantitative estimate of drug-likeness (QED) is 0.446. The molecule has 2 aromatic rings. The molecule has 1 heterocycles. The van der Waals surface area contributed by atoms with Crippen LogP contribution in [0.15, 0.2) is 54.9 Å². The second-order valence-corrected chi connectivity index (χ2v) is 3.47. The second-order valence-electron chi connectivity index (χ2n) is 3.47. The Labute approximate surface area is 92.9 Å². The molecule has 4 nitrogen and oxygen atoms in total. The number of nitro groups is 1. The molecule has 0 radical (unpaired) electrons. The van der Waals surface area contributed by atoms with E-state index >= 15 is 0 Å². The van der Waals surface area contributed by atoms with Crippen molar-refractivity contribution >= 4 is 5.69 Å². The molecule has 1 aromatic carbocycles. The number of aromatic nitrogens is 1. The Balaban J connectivity index is 2.22. The third-order valence-corrected chi connectivity index (χ3v) is 2.26. The molecule has 0 unspecified atom stereocenters. The molecule has 0 aliphatic rings. The molecule has 0 N–H and O–H groups in total. The maximum Gasteiger partial charge on any atom is 0.269 e. The topological polar surface area (TPSA) is 47.0 Å². The number of rotatable bonds is 3. The number of nitrogens with zero attached hydrogens (tertiary/aromatic N) is 2. The SMILES string of the molecule is O=[N+]([O-])c1cccc(C[n+]2ccccc2)c1. The van der Waals surface area contributed by atoms with Crippen LogP contribution in [0.5, 0.6) is 0 Å². The number of pyridine rings is 1. The van der Waals surface area contributed by atoms with Crippen LogP contribution in [-0.4, -0.2) is 4.92 Å². The summed E-state index contributed by atoms with van der Waals surface area (Å²) in [5.74, 6) is 0. The summed E-state index contributed by atoms with van der Waals surface area (Å²) in [4.78, 5) is 10.2. The van der Waals surface area contributed by atoms with E-state index in [-0.39, 0.29) is 10.6 Å². The van der Waals surface area contributed by atoms with Crippen molar-refractivity contribution in [3.05, 3.63) is 70.5 Å². The molecule has 0 saturated carbocycles. The van der Waals surface area contributed by atoms with Gasteiger partial charge in [-0.3, -0.25) is 10.1 Å². The van der Waals surface area contributed by atoms with Gasteiger partial charge >= 0.3 is 0 Å². The number of hydrogen-bond donors (Lipinski definition) is 0. The minimum absolute atomic E-state index is 0.133. The fourth-order valence-corrected chi connectivity index (χ4v) is 1.52. The van der Waals surface area contributed by atoms with E-state index in [9.17, 15) is 10.1 Å². The zero-order chi connectivity index (χ0) is 11.4. The summed E-state index contributed by atoms with van der Waals surface area (Å²) in [5, 5.41) is 10.6. The molecule has 80 valence electrons. The van der Waals surface area contributed by atoms with Crippen molar-refractivity contribution in [3.8, 4) is 0 Å². The Kier molecular flexibility index (Phi) is 2.91. The van der Waals surface area contributed by atoms with Gasteiger partial charge in [-0.05, 0) is 0 Å². The lowest BCUT2D eigenvalue weighted by atomic mass is 10.2. The lowest BCUT2D eigenvalue weighted by Crippen LogP contribution is -2.32. The highest BCUT2D eigenvalue weighted by Crippen LogP contribution is 2.12. The lowest BCUT2D eigenvalue weighted by Gasteiger charge is -1.97. The molecule has 0 atom stereocenters. The smallest absolute Gasteiger partial charge is 0.258 e. The fourth-order valence-electron chi connectivity index (χ4n) is 1.52. The molecule has 4 heteroatoms. The van der Waals surface area contributed by atoms with E-state index in [1.54, 1.807) is 12.1 Å². The van der Waals surface area contributed by atoms with E-state index in [0.717, 1.165) is 5.56 Å². The molecule has 0 saturated heterocycles. The molecule has 0 spiro atoms. The van der Waals surface area contributed by atoms with Crippen LogP contribution in [0, 0.1) is 10.1 Å². The summed E-state index contributed by atoms with van der Waals surface area (Å²) in [6, 6.07) is 12.5. The van der Waals surface area contributed by atoms with Crippen LogP contribution in [0.4, 0.5) is 5.69 Å². The van der Waals surface area contributed by atoms with Gasteiger partial charge in [-0.15, -0.1) is 0 Å². The second kappa shape index (κ2) is 4.53. The van der Waals surface area contributed by atoms with Gasteiger partial charge in [0, 0.05) is 29.8 Å². The zero-order valence-electron chi connectivity index (χ0n) is 8.61. The molecule has 0 bridgehead atoms. The minimum Gasteiger partial charge on any atom is -0.258 e. The standard InChI is InChI=1S/C12H11N2O2/c15-14(16)12-6-4-5-11(9-12)10-13-7-2-1-3-8-13/h1-9H,10H2/q+1. The number of nitro benzene ring substituents is 1. The Morgan fingerprint density at radius 1 is 1.12 bits per heavy atom. The predicted octanol–water partition coefficient (Wildman–Crippen LogP) is 1.93. The Morgan fingerprint density at radius 2 is 1.88 bits per heavy atom. The van der Waals surface area contributed by atoms with Gasteiger partial charge in [-0.25, -0.2) is 4.57 Å². The van der Waals surface area contributed by atoms with Crippen LogP contribution >= 0.6 is 0 Å². The zero-order valence-corrected chi connectivity index (χ0v) is 8.61. The Bertz CT molecular complexity index is 497. The first-order valence-corrected chi connectivity index (χ1v) is 4.93. The van der Waals surface area contributed by atoms with Gasteiger partial charge in [-0.2, -0.15) is 0 Å². The summed E-state index contributed by atoms with van der Waals surface area (Å²) in [7, 11) is 0. The summed E-state index contributed by atoms with van der Waals surface area (Å²) < 4.78 is 1.97. The third-order valence-electron chi connectivity index (χ3n) is 2.26. The highest BCUT2D eigenvalue weighted by atomic mass is 16.6. The lowest BCUT2D eigenvalue weighted by molar-refractivity contribution is -0.688. The van der Waals surface area contributed by atoms with Gasteiger partial charge < -0.3 is 0 Å². The molecule has 0 fully saturated rings. The van der Waals surface area contributed by atoms with Crippen molar-refractivity contribution in [1.82, 2.24) is 0 Å². The third kappa shape index (κ3) is 2.42. The van der Waals surface area contributed by atoms with Gasteiger partial charge in [0.1, 0.15) is 0 Å². The van der Waals surface area contributed by atoms with E-state index in [1.165, 1.54) is 6.07 Å². The highest BCUT2D eigenvalue weighted by Gasteiger charge is 2.08. The van der Waals surface area contributed by atoms with E-state index in [1.807, 2.05) is 41.2 Å². The van der Waals surface area contributed by atoms with E-state index in [4.69, 9.17) is 0 Å². The Morgan fingerprint density at radius 3 is 2.56 bits per heavy atom. The van der Waals surface area contributed by atoms with Crippen LogP contribution in [-0.2, 0) is 6.54 Å². The normalized spacial score (nSPS) is 10.0. The molecule has 1 aromatic heterocycles. The van der Waals surface area contributed by atoms with Gasteiger partial charge in [-0.1, -0.05) is 18.2 Å². The maximum absolute atomic E-state index is 10.6. The summed E-state index contributed by atoms with van der Waals surface area (Å²) in [5.41, 5.74) is 1.06. The summed E-state index contributed by atoms with van der Waals surface area (Å²) in [6.45, 7) is 0.641. The van der Waals surface area contributed by atoms with Crippen LogP contribution in [0.25, 0.3) is 0 Å². The van der Waals surface area contributed by atoms with Crippen molar-refractivity contribution in [1.29, 1.82) is 0 Å². The first-order chi connectivity index (χ1) is 7.75. The largest absolute Gasteiger partial charge is 0.269 e. The first-order valence-electron chi connectivity index (χ1n) is 4.93. The van der Waals surface area contributed by atoms with Crippen LogP contribution in [0.1, 0.15) is 5.56 Å². The fraction of sp³-hybridized carbons (Fsp3) is 0.0833. The van der Waals surface area contributed by atoms with E-state index in [2.05, 4.69) is 0 Å². The number of hydrogen-bond acceptors (Lipinski definition) is 2. The Hall–Kier alpha value is -2.23. The van der Waals surface area contributed by atoms with Crippen LogP contribution < -0.4 is 4.57 Å². The van der Waals surface area contributed by atoms with E-state index < -0.39 is 0 Å². The van der Waals surface area contributed by atoms with Crippen molar-refractivity contribution in [2.45, 2.75) is 6.54 Å². The number of benzene rings is 1. The molecule has 16 heavy (non-hydrogen) atoms. The molecule has 0 aliphatic carbocycles. The molecule has 0 amide bonds. The van der Waals surface area contributed by atoms with Crippen LogP contribution in [0.2, 0.25) is 0 Å². The average Bonchev–Trinajstić information content (AvgIpc) is 2.30. The monoisotopic (exact) mass is 215 g/mol. The molecule has 0 aliphatic heterocycles. The summed E-state index contributed by atoms with van der Waals surface area (Å²) >= 11 is 0. The minimum atomic E-state index is -0.376. The predicted molar refractivity (Wildman–Crippen MR) is 58.8 cm³/mol. The van der Waals surface area contributed by atoms with Crippen molar-refractivity contribution in [2.75, 3.05) is 0 Å².